The molecule has 168 valence electrons. The number of hydrogen-bond acceptors (Lipinski definition) is 5. The van der Waals surface area contributed by atoms with Crippen LogP contribution in [0.5, 0.6) is 23.0 Å². The number of hydrogen-bond donors (Lipinski definition) is 0. The van der Waals surface area contributed by atoms with E-state index in [1.807, 2.05) is 78.9 Å². The van der Waals surface area contributed by atoms with E-state index in [1.165, 1.54) is 5.56 Å². The summed E-state index contributed by atoms with van der Waals surface area (Å²) in [6.07, 6.45) is 1.77. The van der Waals surface area contributed by atoms with Crippen molar-refractivity contribution in [1.82, 2.24) is 0 Å². The van der Waals surface area contributed by atoms with Crippen molar-refractivity contribution in [3.63, 3.8) is 0 Å². The highest BCUT2D eigenvalue weighted by molar-refractivity contribution is 5.79. The number of ether oxygens (including phenoxy) is 4. The van der Waals surface area contributed by atoms with Crippen molar-refractivity contribution >= 4 is 5.97 Å². The van der Waals surface area contributed by atoms with Gasteiger partial charge in [0.25, 0.3) is 0 Å². The summed E-state index contributed by atoms with van der Waals surface area (Å²) in [4.78, 5) is 12.0. The summed E-state index contributed by atoms with van der Waals surface area (Å²) < 4.78 is 22.5. The predicted octanol–water partition coefficient (Wildman–Crippen LogP) is 6.21. The molecular formula is C27H30O5. The lowest BCUT2D eigenvalue weighted by atomic mass is 10.1. The van der Waals surface area contributed by atoms with E-state index in [9.17, 15) is 4.79 Å². The molecule has 0 heterocycles. The second-order valence-corrected chi connectivity index (χ2v) is 7.82. The molecule has 0 fully saturated rings. The van der Waals surface area contributed by atoms with Crippen molar-refractivity contribution in [3.8, 4) is 23.0 Å². The van der Waals surface area contributed by atoms with Crippen LogP contribution in [0.25, 0.3) is 0 Å². The lowest BCUT2D eigenvalue weighted by molar-refractivity contribution is -0.158. The van der Waals surface area contributed by atoms with Gasteiger partial charge >= 0.3 is 5.97 Å². The zero-order valence-electron chi connectivity index (χ0n) is 18.9. The smallest absolute Gasteiger partial charge is 0.349 e. The van der Waals surface area contributed by atoms with Gasteiger partial charge in [-0.2, -0.15) is 0 Å². The molecule has 32 heavy (non-hydrogen) atoms. The Morgan fingerprint density at radius 2 is 1.38 bits per heavy atom. The minimum atomic E-state index is -1.02. The number of esters is 1. The largest absolute Gasteiger partial charge is 0.494 e. The number of benzene rings is 3. The third-order valence-corrected chi connectivity index (χ3v) is 4.74. The van der Waals surface area contributed by atoms with E-state index in [2.05, 4.69) is 0 Å². The van der Waals surface area contributed by atoms with E-state index in [0.717, 1.165) is 30.1 Å². The van der Waals surface area contributed by atoms with Crippen LogP contribution in [0.15, 0.2) is 78.9 Å². The van der Waals surface area contributed by atoms with Crippen molar-refractivity contribution in [2.45, 2.75) is 39.2 Å². The maximum atomic E-state index is 12.0. The van der Waals surface area contributed by atoms with E-state index in [0.29, 0.717) is 19.0 Å². The normalized spacial score (nSPS) is 11.0. The van der Waals surface area contributed by atoms with Crippen LogP contribution in [0, 0.1) is 0 Å². The van der Waals surface area contributed by atoms with E-state index >= 15 is 0 Å². The van der Waals surface area contributed by atoms with Crippen LogP contribution in [0.2, 0.25) is 0 Å². The molecule has 3 rings (SSSR count). The third-order valence-electron chi connectivity index (χ3n) is 4.74. The molecule has 0 saturated heterocycles. The van der Waals surface area contributed by atoms with E-state index in [-0.39, 0.29) is 5.97 Å². The molecule has 0 unspecified atom stereocenters. The lowest BCUT2D eigenvalue weighted by Gasteiger charge is -2.24. The Morgan fingerprint density at radius 3 is 2.03 bits per heavy atom. The average molecular weight is 435 g/mol. The van der Waals surface area contributed by atoms with Gasteiger partial charge in [0.05, 0.1) is 13.2 Å². The standard InChI is InChI=1S/C27H30O5/c1-4-29-26(28)27(2,3)32-25-14-12-21(13-15-25)9-8-20-30-22-16-18-24(19-17-22)31-23-10-6-5-7-11-23/h5-7,10-19H,4,8-9,20H2,1-3H3. The van der Waals surface area contributed by atoms with Crippen molar-refractivity contribution in [2.75, 3.05) is 13.2 Å². The summed E-state index contributed by atoms with van der Waals surface area (Å²) >= 11 is 0. The van der Waals surface area contributed by atoms with Crippen LogP contribution in [0.4, 0.5) is 0 Å². The zero-order valence-corrected chi connectivity index (χ0v) is 18.9. The fourth-order valence-electron chi connectivity index (χ4n) is 3.06. The van der Waals surface area contributed by atoms with Crippen molar-refractivity contribution < 1.29 is 23.7 Å². The highest BCUT2D eigenvalue weighted by Gasteiger charge is 2.31. The summed E-state index contributed by atoms with van der Waals surface area (Å²) in [5.41, 5.74) is 0.161. The first-order chi connectivity index (χ1) is 15.5. The molecule has 0 aliphatic carbocycles. The average Bonchev–Trinajstić information content (AvgIpc) is 2.79. The molecule has 0 aliphatic heterocycles. The molecule has 0 bridgehead atoms. The molecule has 3 aromatic carbocycles. The summed E-state index contributed by atoms with van der Waals surface area (Å²) in [7, 11) is 0. The number of rotatable bonds is 11. The van der Waals surface area contributed by atoms with Crippen LogP contribution in [0.1, 0.15) is 32.8 Å². The molecule has 0 spiro atoms. The first-order valence-corrected chi connectivity index (χ1v) is 10.9. The minimum absolute atomic E-state index is 0.332. The maximum absolute atomic E-state index is 12.0. The summed E-state index contributed by atoms with van der Waals surface area (Å²) in [5.74, 6) is 2.66. The second-order valence-electron chi connectivity index (χ2n) is 7.82. The molecule has 0 aliphatic rings. The van der Waals surface area contributed by atoms with Gasteiger partial charge in [-0.3, -0.25) is 0 Å². The van der Waals surface area contributed by atoms with E-state index in [4.69, 9.17) is 18.9 Å². The van der Waals surface area contributed by atoms with Gasteiger partial charge in [-0.25, -0.2) is 4.79 Å². The monoisotopic (exact) mass is 434 g/mol. The molecule has 0 radical (unpaired) electrons. The Kier molecular flexibility index (Phi) is 8.14. The van der Waals surface area contributed by atoms with Crippen LogP contribution in [-0.2, 0) is 16.0 Å². The quantitative estimate of drug-likeness (QED) is 0.265. The Bertz CT molecular complexity index is 963. The maximum Gasteiger partial charge on any atom is 0.349 e. The molecule has 0 atom stereocenters. The van der Waals surface area contributed by atoms with Crippen molar-refractivity contribution in [3.05, 3.63) is 84.4 Å². The molecule has 0 amide bonds. The van der Waals surface area contributed by atoms with Crippen LogP contribution >= 0.6 is 0 Å². The van der Waals surface area contributed by atoms with Crippen LogP contribution in [-0.4, -0.2) is 24.8 Å². The first-order valence-electron chi connectivity index (χ1n) is 10.9. The SMILES string of the molecule is CCOC(=O)C(C)(C)Oc1ccc(CCCOc2ccc(Oc3ccccc3)cc2)cc1. The fraction of sp³-hybridized carbons (Fsp3) is 0.296. The topological polar surface area (TPSA) is 54.0 Å². The van der Waals surface area contributed by atoms with Crippen LogP contribution < -0.4 is 14.2 Å². The first kappa shape index (κ1) is 23.2. The van der Waals surface area contributed by atoms with Crippen molar-refractivity contribution in [1.29, 1.82) is 0 Å². The number of aryl methyl sites for hydroxylation is 1. The van der Waals surface area contributed by atoms with Gasteiger partial charge in [0.1, 0.15) is 23.0 Å². The molecule has 5 nitrogen and oxygen atoms in total. The summed E-state index contributed by atoms with van der Waals surface area (Å²) in [6, 6.07) is 25.1. The molecule has 3 aromatic rings. The van der Waals surface area contributed by atoms with E-state index < -0.39 is 5.60 Å². The molecule has 0 aromatic heterocycles. The second kappa shape index (κ2) is 11.2. The molecular weight excluding hydrogens is 404 g/mol. The fourth-order valence-corrected chi connectivity index (χ4v) is 3.06. The van der Waals surface area contributed by atoms with Gasteiger partial charge in [0, 0.05) is 0 Å². The zero-order chi connectivity index (χ0) is 22.8. The van der Waals surface area contributed by atoms with Gasteiger partial charge < -0.3 is 18.9 Å². The third kappa shape index (κ3) is 7.05. The minimum Gasteiger partial charge on any atom is -0.494 e. The van der Waals surface area contributed by atoms with E-state index in [1.54, 1.807) is 20.8 Å². The van der Waals surface area contributed by atoms with Crippen molar-refractivity contribution in [2.24, 2.45) is 0 Å². The number of carbonyl (C=O) groups excluding carboxylic acids is 1. The highest BCUT2D eigenvalue weighted by atomic mass is 16.6. The highest BCUT2D eigenvalue weighted by Crippen LogP contribution is 2.24. The predicted molar refractivity (Wildman–Crippen MR) is 125 cm³/mol. The van der Waals surface area contributed by atoms with Gasteiger partial charge in [-0.1, -0.05) is 30.3 Å². The lowest BCUT2D eigenvalue weighted by Crippen LogP contribution is -2.39. The molecule has 5 heteroatoms. The summed E-state index contributed by atoms with van der Waals surface area (Å²) in [6.45, 7) is 6.14. The number of carbonyl (C=O) groups is 1. The molecule has 0 saturated carbocycles. The Balaban J connectivity index is 1.40. The molecule has 0 N–H and O–H groups in total. The van der Waals surface area contributed by atoms with Gasteiger partial charge in [-0.05, 0) is 87.7 Å². The van der Waals surface area contributed by atoms with Gasteiger partial charge in [0.15, 0.2) is 5.60 Å². The Labute approximate surface area is 189 Å². The van der Waals surface area contributed by atoms with Gasteiger partial charge in [0.2, 0.25) is 0 Å². The number of para-hydroxylation sites is 1. The van der Waals surface area contributed by atoms with Gasteiger partial charge in [-0.15, -0.1) is 0 Å². The van der Waals surface area contributed by atoms with Crippen LogP contribution in [0.3, 0.4) is 0 Å². The Hall–Kier alpha value is -3.47. The Morgan fingerprint density at radius 1 is 0.781 bits per heavy atom. The summed E-state index contributed by atoms with van der Waals surface area (Å²) in [5, 5.41) is 0.